The van der Waals surface area contributed by atoms with Crippen LogP contribution < -0.4 is 19.5 Å². The number of carbonyl (C=O) groups is 3. The van der Waals surface area contributed by atoms with Crippen molar-refractivity contribution >= 4 is 52.2 Å². The van der Waals surface area contributed by atoms with E-state index in [0.717, 1.165) is 16.7 Å². The molecule has 3 aromatic carbocycles. The Bertz CT molecular complexity index is 1410. The first-order chi connectivity index (χ1) is 18.8. The molecule has 3 aromatic rings. The number of nitrogens with one attached hydrogen (secondary N) is 1. The Labute approximate surface area is 233 Å². The molecular weight excluding hydrogens is 547 g/mol. The first-order valence-electron chi connectivity index (χ1n) is 11.8. The number of nitrogens with zero attached hydrogens (tertiary/aromatic N) is 1. The molecule has 1 aliphatic rings. The lowest BCUT2D eigenvalue weighted by atomic mass is 10.1. The number of rotatable bonds is 10. The maximum absolute atomic E-state index is 14.1. The largest absolute Gasteiger partial charge is 0.494 e. The van der Waals surface area contributed by atoms with Gasteiger partial charge >= 0.3 is 0 Å². The van der Waals surface area contributed by atoms with Crippen molar-refractivity contribution in [2.45, 2.75) is 13.5 Å². The van der Waals surface area contributed by atoms with Gasteiger partial charge in [-0.1, -0.05) is 23.7 Å². The number of carbonyl (C=O) groups excluding carboxylic acids is 3. The number of ether oxygens (including phenoxy) is 3. The smallest absolute Gasteiger partial charge is 0.294 e. The molecule has 1 aliphatic heterocycles. The summed E-state index contributed by atoms with van der Waals surface area (Å²) in [5.74, 6) is -0.274. The van der Waals surface area contributed by atoms with Gasteiger partial charge in [-0.05, 0) is 78.9 Å². The van der Waals surface area contributed by atoms with Gasteiger partial charge in [-0.15, -0.1) is 0 Å². The molecule has 0 aromatic heterocycles. The number of methoxy groups -OCH3 is 1. The van der Waals surface area contributed by atoms with Crippen LogP contribution in [-0.2, 0) is 16.2 Å². The van der Waals surface area contributed by atoms with Crippen LogP contribution >= 0.6 is 23.4 Å². The highest BCUT2D eigenvalue weighted by atomic mass is 35.5. The van der Waals surface area contributed by atoms with Gasteiger partial charge in [0.25, 0.3) is 11.1 Å². The van der Waals surface area contributed by atoms with Crippen LogP contribution in [0.15, 0.2) is 65.6 Å². The van der Waals surface area contributed by atoms with E-state index in [1.165, 1.54) is 25.3 Å². The van der Waals surface area contributed by atoms with Gasteiger partial charge in [-0.25, -0.2) is 4.39 Å². The van der Waals surface area contributed by atoms with E-state index in [0.29, 0.717) is 35.1 Å². The standard InChI is InChI=1S/C28H24ClFN2O6S/c1-3-37-19-10-8-18(9-11-19)31-26(33)15-32-27(34)25(39-28(32)35)14-17-7-12-23(36-2)24(13-17)38-16-20-21(29)5-4-6-22(20)30/h4-14H,3,15-16H2,1-2H3,(H,31,33)/b25-14+. The SMILES string of the molecule is CCOc1ccc(NC(=O)CN2C(=O)S/C(=C/c3ccc(OC)c(OCc4c(F)cccc4Cl)c3)C2=O)cc1. The molecule has 1 N–H and O–H groups in total. The second kappa shape index (κ2) is 12.7. The molecule has 8 nitrogen and oxygen atoms in total. The fourth-order valence-corrected chi connectivity index (χ4v) is 4.70. The highest BCUT2D eigenvalue weighted by Crippen LogP contribution is 2.35. The summed E-state index contributed by atoms with van der Waals surface area (Å²) in [7, 11) is 1.46. The van der Waals surface area contributed by atoms with E-state index in [1.807, 2.05) is 6.92 Å². The third kappa shape index (κ3) is 6.90. The molecule has 202 valence electrons. The fourth-order valence-electron chi connectivity index (χ4n) is 3.65. The molecule has 1 fully saturated rings. The van der Waals surface area contributed by atoms with Crippen LogP contribution in [0.25, 0.3) is 6.08 Å². The van der Waals surface area contributed by atoms with Crippen LogP contribution in [0.1, 0.15) is 18.1 Å². The zero-order valence-electron chi connectivity index (χ0n) is 21.0. The van der Waals surface area contributed by atoms with Gasteiger partial charge in [0.15, 0.2) is 11.5 Å². The molecule has 4 rings (SSSR count). The Balaban J connectivity index is 1.44. The number of anilines is 1. The summed E-state index contributed by atoms with van der Waals surface area (Å²) in [5, 5.41) is 2.33. The van der Waals surface area contributed by atoms with E-state index in [9.17, 15) is 18.8 Å². The summed E-state index contributed by atoms with van der Waals surface area (Å²) in [6.07, 6.45) is 1.51. The van der Waals surface area contributed by atoms with Crippen molar-refractivity contribution in [3.05, 3.63) is 87.5 Å². The minimum atomic E-state index is -0.594. The zero-order chi connectivity index (χ0) is 27.9. The minimum Gasteiger partial charge on any atom is -0.494 e. The van der Waals surface area contributed by atoms with E-state index in [1.54, 1.807) is 48.5 Å². The Morgan fingerprint density at radius 1 is 1.08 bits per heavy atom. The van der Waals surface area contributed by atoms with E-state index in [2.05, 4.69) is 5.32 Å². The molecule has 0 radical (unpaired) electrons. The van der Waals surface area contributed by atoms with Gasteiger partial charge in [-0.3, -0.25) is 19.3 Å². The summed E-state index contributed by atoms with van der Waals surface area (Å²) in [6, 6.07) is 16.0. The second-order valence-electron chi connectivity index (χ2n) is 8.17. The van der Waals surface area contributed by atoms with Gasteiger partial charge in [-0.2, -0.15) is 0 Å². The summed E-state index contributed by atoms with van der Waals surface area (Å²) < 4.78 is 30.6. The van der Waals surface area contributed by atoms with Crippen molar-refractivity contribution in [2.24, 2.45) is 0 Å². The summed E-state index contributed by atoms with van der Waals surface area (Å²) in [6.45, 7) is 1.80. The highest BCUT2D eigenvalue weighted by Gasteiger charge is 2.36. The first kappa shape index (κ1) is 28.0. The van der Waals surface area contributed by atoms with E-state index >= 15 is 0 Å². The van der Waals surface area contributed by atoms with Gasteiger partial charge in [0.1, 0.15) is 24.7 Å². The number of amides is 3. The molecule has 11 heteroatoms. The molecule has 0 aliphatic carbocycles. The normalized spacial score (nSPS) is 14.1. The average Bonchev–Trinajstić information content (AvgIpc) is 3.17. The molecule has 1 saturated heterocycles. The van der Waals surface area contributed by atoms with Gasteiger partial charge in [0.2, 0.25) is 5.91 Å². The van der Waals surface area contributed by atoms with Gasteiger partial charge < -0.3 is 19.5 Å². The molecular formula is C28H24ClFN2O6S. The predicted molar refractivity (Wildman–Crippen MR) is 148 cm³/mol. The van der Waals surface area contributed by atoms with Crippen molar-refractivity contribution in [3.63, 3.8) is 0 Å². The third-order valence-electron chi connectivity index (χ3n) is 5.54. The quantitative estimate of drug-likeness (QED) is 0.293. The molecule has 39 heavy (non-hydrogen) atoms. The van der Waals surface area contributed by atoms with Crippen molar-refractivity contribution < 1.29 is 33.0 Å². The van der Waals surface area contributed by atoms with Gasteiger partial charge in [0, 0.05) is 11.3 Å². The molecule has 0 saturated carbocycles. The Kier molecular flexibility index (Phi) is 9.11. The van der Waals surface area contributed by atoms with Crippen LogP contribution in [0.2, 0.25) is 5.02 Å². The summed E-state index contributed by atoms with van der Waals surface area (Å²) >= 11 is 6.81. The molecule has 0 unspecified atom stereocenters. The fraction of sp³-hybridized carbons (Fsp3) is 0.179. The summed E-state index contributed by atoms with van der Waals surface area (Å²) in [5.41, 5.74) is 1.24. The number of hydrogen-bond donors (Lipinski definition) is 1. The van der Waals surface area contributed by atoms with E-state index in [-0.39, 0.29) is 22.1 Å². The lowest BCUT2D eigenvalue weighted by Crippen LogP contribution is -2.36. The number of halogens is 2. The first-order valence-corrected chi connectivity index (χ1v) is 13.0. The number of benzene rings is 3. The molecule has 0 atom stereocenters. The topological polar surface area (TPSA) is 94.2 Å². The Hall–Kier alpha value is -4.02. The highest BCUT2D eigenvalue weighted by molar-refractivity contribution is 8.18. The number of thioether (sulfide) groups is 1. The van der Waals surface area contributed by atoms with Crippen LogP contribution in [-0.4, -0.2) is 42.2 Å². The van der Waals surface area contributed by atoms with E-state index in [4.69, 9.17) is 25.8 Å². The predicted octanol–water partition coefficient (Wildman–Crippen LogP) is 6.14. The van der Waals surface area contributed by atoms with Crippen molar-refractivity contribution in [3.8, 4) is 17.2 Å². The number of imide groups is 1. The second-order valence-corrected chi connectivity index (χ2v) is 9.57. The monoisotopic (exact) mass is 570 g/mol. The third-order valence-corrected chi connectivity index (χ3v) is 6.81. The molecule has 0 spiro atoms. The lowest BCUT2D eigenvalue weighted by Gasteiger charge is -2.13. The zero-order valence-corrected chi connectivity index (χ0v) is 22.6. The minimum absolute atomic E-state index is 0.141. The van der Waals surface area contributed by atoms with Crippen LogP contribution in [0.5, 0.6) is 17.2 Å². The summed E-state index contributed by atoms with van der Waals surface area (Å²) in [4.78, 5) is 39.0. The lowest BCUT2D eigenvalue weighted by molar-refractivity contribution is -0.127. The molecule has 3 amide bonds. The Morgan fingerprint density at radius 2 is 1.85 bits per heavy atom. The number of hydrogen-bond acceptors (Lipinski definition) is 7. The van der Waals surface area contributed by atoms with Crippen LogP contribution in [0.4, 0.5) is 14.9 Å². The van der Waals surface area contributed by atoms with Crippen molar-refractivity contribution in [2.75, 3.05) is 25.6 Å². The average molecular weight is 571 g/mol. The van der Waals surface area contributed by atoms with Crippen molar-refractivity contribution in [1.82, 2.24) is 4.90 Å². The Morgan fingerprint density at radius 3 is 2.54 bits per heavy atom. The van der Waals surface area contributed by atoms with E-state index < -0.39 is 29.4 Å². The maximum Gasteiger partial charge on any atom is 0.294 e. The van der Waals surface area contributed by atoms with Gasteiger partial charge in [0.05, 0.1) is 23.6 Å². The molecule has 1 heterocycles. The maximum atomic E-state index is 14.1. The van der Waals surface area contributed by atoms with Crippen molar-refractivity contribution in [1.29, 1.82) is 0 Å². The molecule has 0 bridgehead atoms. The van der Waals surface area contributed by atoms with Crippen LogP contribution in [0.3, 0.4) is 0 Å². The van der Waals surface area contributed by atoms with Crippen LogP contribution in [0, 0.1) is 5.82 Å².